The molecular weight excluding hydrogens is 937 g/mol. The van der Waals surface area contributed by atoms with E-state index in [1.165, 1.54) is 64.2 Å². The van der Waals surface area contributed by atoms with Crippen molar-refractivity contribution in [3.05, 3.63) is 158 Å². The molecule has 1 atom stereocenters. The monoisotopic (exact) mass is 1050 g/mol. The van der Waals surface area contributed by atoms with Crippen molar-refractivity contribution in [2.24, 2.45) is 0 Å². The molecule has 0 saturated carbocycles. The molecule has 0 fully saturated rings. The lowest BCUT2D eigenvalue weighted by Gasteiger charge is -2.18. The molecule has 0 saturated heterocycles. The fourth-order valence-corrected chi connectivity index (χ4v) is 7.78. The van der Waals surface area contributed by atoms with Crippen LogP contribution in [0, 0.1) is 0 Å². The summed E-state index contributed by atoms with van der Waals surface area (Å²) in [5.74, 6) is -1.09. The molecule has 0 aliphatic rings. The zero-order chi connectivity index (χ0) is 55.0. The van der Waals surface area contributed by atoms with Gasteiger partial charge in [-0.05, 0) is 128 Å². The van der Waals surface area contributed by atoms with Crippen molar-refractivity contribution in [1.29, 1.82) is 0 Å². The summed E-state index contributed by atoms with van der Waals surface area (Å²) in [5.41, 5.74) is 0. The summed E-state index contributed by atoms with van der Waals surface area (Å²) in [5, 5.41) is 0. The van der Waals surface area contributed by atoms with E-state index in [0.29, 0.717) is 6.42 Å². The second-order valence-corrected chi connectivity index (χ2v) is 19.5. The average molecular weight is 1050 g/mol. The van der Waals surface area contributed by atoms with Crippen molar-refractivity contribution in [1.82, 2.24) is 0 Å². The predicted octanol–water partition coefficient (Wildman–Crippen LogP) is 20.9. The lowest BCUT2D eigenvalue weighted by molar-refractivity contribution is -0.166. The third-order valence-corrected chi connectivity index (χ3v) is 12.3. The molecule has 0 N–H and O–H groups in total. The van der Waals surface area contributed by atoms with E-state index in [1.54, 1.807) is 6.08 Å². The van der Waals surface area contributed by atoms with Gasteiger partial charge in [0.1, 0.15) is 13.2 Å². The summed E-state index contributed by atoms with van der Waals surface area (Å²) < 4.78 is 16.8. The maximum absolute atomic E-state index is 12.9. The Hall–Kier alpha value is -4.97. The van der Waals surface area contributed by atoms with Gasteiger partial charge in [0, 0.05) is 12.8 Å². The van der Waals surface area contributed by atoms with Gasteiger partial charge in [0.25, 0.3) is 0 Å². The first-order chi connectivity index (χ1) is 37.5. The van der Waals surface area contributed by atoms with Gasteiger partial charge in [0.15, 0.2) is 6.10 Å². The molecule has 0 heterocycles. The number of ether oxygens (including phenoxy) is 3. The van der Waals surface area contributed by atoms with Crippen molar-refractivity contribution >= 4 is 17.9 Å². The van der Waals surface area contributed by atoms with Crippen LogP contribution in [0.25, 0.3) is 0 Å². The molecule has 6 nitrogen and oxygen atoms in total. The highest BCUT2D eigenvalue weighted by molar-refractivity contribution is 5.72. The molecule has 0 aliphatic carbocycles. The van der Waals surface area contributed by atoms with E-state index in [9.17, 15) is 14.4 Å². The largest absolute Gasteiger partial charge is 0.462 e. The Balaban J connectivity index is 4.51. The minimum absolute atomic E-state index is 0.115. The first-order valence-corrected chi connectivity index (χ1v) is 30.5. The zero-order valence-electron chi connectivity index (χ0n) is 48.7. The molecule has 0 aromatic carbocycles. The van der Waals surface area contributed by atoms with Crippen LogP contribution in [0.4, 0.5) is 0 Å². The molecule has 0 aromatic heterocycles. The van der Waals surface area contributed by atoms with E-state index in [0.717, 1.165) is 141 Å². The number of rotatable bonds is 53. The molecule has 0 bridgehead atoms. The Morgan fingerprint density at radius 2 is 0.566 bits per heavy atom. The van der Waals surface area contributed by atoms with Crippen LogP contribution < -0.4 is 0 Å². The maximum Gasteiger partial charge on any atom is 0.309 e. The van der Waals surface area contributed by atoms with E-state index in [4.69, 9.17) is 14.2 Å². The second-order valence-electron chi connectivity index (χ2n) is 19.5. The first kappa shape index (κ1) is 71.0. The fourth-order valence-electron chi connectivity index (χ4n) is 7.78. The molecule has 0 spiro atoms. The van der Waals surface area contributed by atoms with Crippen molar-refractivity contribution in [2.75, 3.05) is 13.2 Å². The summed E-state index contributed by atoms with van der Waals surface area (Å²) in [7, 11) is 0. The highest BCUT2D eigenvalue weighted by atomic mass is 16.6. The van der Waals surface area contributed by atoms with Gasteiger partial charge in [-0.1, -0.05) is 256 Å². The first-order valence-electron chi connectivity index (χ1n) is 30.5. The second kappa shape index (κ2) is 62.6. The van der Waals surface area contributed by atoms with Crippen molar-refractivity contribution in [2.45, 2.75) is 252 Å². The lowest BCUT2D eigenvalue weighted by atomic mass is 10.1. The summed E-state index contributed by atoms with van der Waals surface area (Å²) in [4.78, 5) is 38.2. The van der Waals surface area contributed by atoms with Crippen LogP contribution in [-0.4, -0.2) is 37.2 Å². The molecule has 0 aliphatic heterocycles. The van der Waals surface area contributed by atoms with Crippen molar-refractivity contribution in [3.8, 4) is 0 Å². The number of unbranched alkanes of at least 4 members (excludes halogenated alkanes) is 17. The summed E-state index contributed by atoms with van der Waals surface area (Å²) >= 11 is 0. The molecule has 76 heavy (non-hydrogen) atoms. The Morgan fingerprint density at radius 3 is 0.921 bits per heavy atom. The van der Waals surface area contributed by atoms with Gasteiger partial charge < -0.3 is 14.2 Å². The van der Waals surface area contributed by atoms with Gasteiger partial charge >= 0.3 is 17.9 Å². The van der Waals surface area contributed by atoms with E-state index >= 15 is 0 Å². The fraction of sp³-hybridized carbons (Fsp3) is 0.586. The molecular formula is C70H110O6. The highest BCUT2D eigenvalue weighted by Gasteiger charge is 2.19. The van der Waals surface area contributed by atoms with Gasteiger partial charge in [-0.25, -0.2) is 0 Å². The molecule has 0 amide bonds. The van der Waals surface area contributed by atoms with Crippen LogP contribution in [0.3, 0.4) is 0 Å². The minimum atomic E-state index is -0.837. The maximum atomic E-state index is 12.9. The van der Waals surface area contributed by atoms with E-state index < -0.39 is 12.1 Å². The highest BCUT2D eigenvalue weighted by Crippen LogP contribution is 2.14. The summed E-state index contributed by atoms with van der Waals surface area (Å²) in [6, 6.07) is 0. The molecule has 6 heteroatoms. The van der Waals surface area contributed by atoms with Crippen LogP contribution in [0.2, 0.25) is 0 Å². The number of allylic oxidation sites excluding steroid dienone is 25. The molecule has 1 unspecified atom stereocenters. The Bertz CT molecular complexity index is 1720. The van der Waals surface area contributed by atoms with Gasteiger partial charge in [0.2, 0.25) is 0 Å². The molecule has 0 aromatic rings. The zero-order valence-corrected chi connectivity index (χ0v) is 48.7. The van der Waals surface area contributed by atoms with E-state index in [-0.39, 0.29) is 38.0 Å². The Kier molecular flexibility index (Phi) is 58.5. The Labute approximate surface area is 467 Å². The summed E-state index contributed by atoms with van der Waals surface area (Å²) in [6.45, 7) is 6.28. The third-order valence-electron chi connectivity index (χ3n) is 12.3. The molecule has 0 radical (unpaired) electrons. The minimum Gasteiger partial charge on any atom is -0.462 e. The number of hydrogen-bond acceptors (Lipinski definition) is 6. The number of hydrogen-bond donors (Lipinski definition) is 0. The topological polar surface area (TPSA) is 78.9 Å². The van der Waals surface area contributed by atoms with Crippen LogP contribution in [0.5, 0.6) is 0 Å². The van der Waals surface area contributed by atoms with Crippen molar-refractivity contribution < 1.29 is 28.6 Å². The molecule has 0 rings (SSSR count). The summed E-state index contributed by atoms with van der Waals surface area (Å²) in [6.07, 6.45) is 91.2. The lowest BCUT2D eigenvalue weighted by Crippen LogP contribution is -2.30. The van der Waals surface area contributed by atoms with Gasteiger partial charge in [0.05, 0.1) is 6.42 Å². The molecule has 426 valence electrons. The van der Waals surface area contributed by atoms with Crippen LogP contribution in [-0.2, 0) is 28.6 Å². The number of carbonyl (C=O) groups is 3. The van der Waals surface area contributed by atoms with Gasteiger partial charge in [-0.3, -0.25) is 14.4 Å². The smallest absolute Gasteiger partial charge is 0.309 e. The predicted molar refractivity (Wildman–Crippen MR) is 329 cm³/mol. The van der Waals surface area contributed by atoms with Crippen molar-refractivity contribution in [3.63, 3.8) is 0 Å². The van der Waals surface area contributed by atoms with E-state index in [2.05, 4.69) is 167 Å². The van der Waals surface area contributed by atoms with Crippen LogP contribution in [0.1, 0.15) is 245 Å². The Morgan fingerprint density at radius 1 is 0.289 bits per heavy atom. The van der Waals surface area contributed by atoms with Crippen LogP contribution in [0.15, 0.2) is 158 Å². The quantitative estimate of drug-likeness (QED) is 0.0261. The number of esters is 3. The third kappa shape index (κ3) is 59.9. The van der Waals surface area contributed by atoms with Gasteiger partial charge in [-0.15, -0.1) is 0 Å². The SMILES string of the molecule is CC/C=C\C/C=C\C/C=C\C/C=C\C/C=C\C/C=C\CCCCCCCCC(=O)OCC(COC(=O)C/C=C\C/C=C\C/C=C\C/C=C\C/C=C\CC)OC(=O)CCCCCCCCC/C=C\C/C=C\CCCCCC. The standard InChI is InChI=1S/C70H110O6/c1-4-7-10-13-16-19-22-25-28-30-32-33-34-35-36-37-38-40-42-45-48-51-54-57-60-63-69(72)75-66-67(65-74-68(71)62-59-56-53-50-47-44-41-27-24-21-18-15-12-9-6-3)76-70(73)64-61-58-55-52-49-46-43-39-31-29-26-23-20-17-14-11-8-5-2/h7,9-10,12,16,18-21,23,25,27-29,31-33,35-36,38,40-41,47,50,56,59,67H,4-6,8,11,13-15,17,22,24,26,30,34,37,39,42-46,48-49,51-55,57-58,60-66H2,1-3H3/b10-7-,12-9-,19-16-,21-18-,23-20-,28-25-,31-29-,33-32-,36-35-,40-38-,41-27-,50-47-,59-56-. The average Bonchev–Trinajstić information content (AvgIpc) is 3.42. The normalized spacial score (nSPS) is 13.2. The van der Waals surface area contributed by atoms with Gasteiger partial charge in [-0.2, -0.15) is 0 Å². The van der Waals surface area contributed by atoms with E-state index in [1.807, 2.05) is 6.08 Å². The number of carbonyl (C=O) groups excluding carboxylic acids is 3. The van der Waals surface area contributed by atoms with Crippen LogP contribution >= 0.6 is 0 Å².